The van der Waals surface area contributed by atoms with Crippen LogP contribution in [0.1, 0.15) is 20.7 Å². The number of carbonyl (C=O) groups is 2. The smallest absolute Gasteiger partial charge is 0.545 e. The predicted octanol–water partition coefficient (Wildman–Crippen LogP) is 5.89. The SMILES string of the molecule is O=C([O-])c1ccc2ccc3cccc4ccc1c2c34.O=C([O-])c1ccc2ccc3cccc4ccc1c2c34.[Cu+2]. The second-order valence-electron chi connectivity index (χ2n) is 9.51. The summed E-state index contributed by atoms with van der Waals surface area (Å²) in [5.41, 5.74) is 0.511. The van der Waals surface area contributed by atoms with Crippen molar-refractivity contribution in [2.45, 2.75) is 0 Å². The summed E-state index contributed by atoms with van der Waals surface area (Å²) >= 11 is 0. The molecule has 0 aliphatic heterocycles. The average molecular weight is 554 g/mol. The van der Waals surface area contributed by atoms with Gasteiger partial charge in [0, 0.05) is 11.1 Å². The van der Waals surface area contributed by atoms with Crippen LogP contribution < -0.4 is 10.2 Å². The Morgan fingerprint density at radius 3 is 1.00 bits per heavy atom. The number of carboxylic acid groups (broad SMARTS) is 2. The molecule has 0 fully saturated rings. The van der Waals surface area contributed by atoms with Crippen LogP contribution in [0.4, 0.5) is 0 Å². The summed E-state index contributed by atoms with van der Waals surface area (Å²) in [7, 11) is 0. The van der Waals surface area contributed by atoms with Gasteiger partial charge in [0.2, 0.25) is 0 Å². The largest absolute Gasteiger partial charge is 2.00 e. The Morgan fingerprint density at radius 1 is 0.385 bits per heavy atom. The number of hydrogen-bond acceptors (Lipinski definition) is 4. The summed E-state index contributed by atoms with van der Waals surface area (Å²) in [6.07, 6.45) is 0. The van der Waals surface area contributed by atoms with Crippen LogP contribution in [0.3, 0.4) is 0 Å². The Labute approximate surface area is 233 Å². The van der Waals surface area contributed by atoms with Crippen molar-refractivity contribution in [2.75, 3.05) is 0 Å². The molecule has 4 nitrogen and oxygen atoms in total. The number of benzene rings is 8. The van der Waals surface area contributed by atoms with E-state index in [4.69, 9.17) is 0 Å². The van der Waals surface area contributed by atoms with Gasteiger partial charge in [-0.3, -0.25) is 0 Å². The third-order valence-electron chi connectivity index (χ3n) is 7.50. The van der Waals surface area contributed by atoms with Gasteiger partial charge in [0.1, 0.15) is 0 Å². The fourth-order valence-corrected chi connectivity index (χ4v) is 5.83. The van der Waals surface area contributed by atoms with Crippen LogP contribution in [0.25, 0.3) is 64.6 Å². The first-order valence-electron chi connectivity index (χ1n) is 12.3. The summed E-state index contributed by atoms with van der Waals surface area (Å²) in [6, 6.07) is 35.0. The van der Waals surface area contributed by atoms with Gasteiger partial charge < -0.3 is 19.8 Å². The van der Waals surface area contributed by atoms with Gasteiger partial charge in [0.25, 0.3) is 0 Å². The van der Waals surface area contributed by atoms with E-state index >= 15 is 0 Å². The first-order valence-corrected chi connectivity index (χ1v) is 12.3. The van der Waals surface area contributed by atoms with E-state index in [0.29, 0.717) is 0 Å². The molecule has 0 atom stereocenters. The second kappa shape index (κ2) is 9.25. The van der Waals surface area contributed by atoms with Crippen LogP contribution in [-0.2, 0) is 17.1 Å². The molecule has 1 radical (unpaired) electrons. The molecule has 0 amide bonds. The molecule has 0 saturated carbocycles. The Balaban J connectivity index is 0.000000138. The molecule has 39 heavy (non-hydrogen) atoms. The van der Waals surface area contributed by atoms with Gasteiger partial charge in [-0.1, -0.05) is 109 Å². The van der Waals surface area contributed by atoms with Gasteiger partial charge in [-0.25, -0.2) is 0 Å². The van der Waals surface area contributed by atoms with Crippen LogP contribution in [0.2, 0.25) is 0 Å². The number of rotatable bonds is 2. The zero-order chi connectivity index (χ0) is 26.0. The van der Waals surface area contributed by atoms with Gasteiger partial charge in [0.15, 0.2) is 0 Å². The fourth-order valence-electron chi connectivity index (χ4n) is 5.83. The van der Waals surface area contributed by atoms with Crippen molar-refractivity contribution < 1.29 is 36.9 Å². The Bertz CT molecular complexity index is 2010. The standard InChI is InChI=1S/2C17H10O2.Cu/c2*18-17(19)14-9-7-12-5-4-10-2-1-3-11-6-8-13(14)16(12)15(10)11;/h2*1-9H,(H,18,19);/q;;+2/p-2. The third-order valence-corrected chi connectivity index (χ3v) is 7.50. The minimum Gasteiger partial charge on any atom is -0.545 e. The van der Waals surface area contributed by atoms with Gasteiger partial charge >= 0.3 is 17.1 Å². The van der Waals surface area contributed by atoms with E-state index in [1.54, 1.807) is 12.1 Å². The van der Waals surface area contributed by atoms with Gasteiger partial charge in [0.05, 0.1) is 11.9 Å². The monoisotopic (exact) mass is 553 g/mol. The van der Waals surface area contributed by atoms with E-state index in [2.05, 4.69) is 12.1 Å². The molecule has 0 aliphatic rings. The first kappa shape index (κ1) is 24.6. The van der Waals surface area contributed by atoms with Crippen molar-refractivity contribution in [3.05, 3.63) is 120 Å². The molecule has 0 aromatic heterocycles. The van der Waals surface area contributed by atoms with Crippen LogP contribution in [0.5, 0.6) is 0 Å². The number of carbonyl (C=O) groups excluding carboxylic acids is 2. The maximum absolute atomic E-state index is 11.2. The zero-order valence-corrected chi connectivity index (χ0v) is 21.3. The van der Waals surface area contributed by atoms with Gasteiger partial charge in [-0.2, -0.15) is 0 Å². The van der Waals surface area contributed by atoms with Crippen LogP contribution >= 0.6 is 0 Å². The van der Waals surface area contributed by atoms with Crippen molar-refractivity contribution in [1.29, 1.82) is 0 Å². The molecule has 0 bridgehead atoms. The third kappa shape index (κ3) is 3.75. The zero-order valence-electron chi connectivity index (χ0n) is 20.3. The van der Waals surface area contributed by atoms with Crippen molar-refractivity contribution in [1.82, 2.24) is 0 Å². The summed E-state index contributed by atoms with van der Waals surface area (Å²) in [6.45, 7) is 0. The molecule has 0 N–H and O–H groups in total. The van der Waals surface area contributed by atoms with Gasteiger partial charge in [-0.15, -0.1) is 0 Å². The van der Waals surface area contributed by atoms with Crippen molar-refractivity contribution in [3.63, 3.8) is 0 Å². The van der Waals surface area contributed by atoms with Crippen LogP contribution in [0, 0.1) is 0 Å². The molecular formula is C34H18CuO4. The Hall–Kier alpha value is -4.70. The molecule has 0 spiro atoms. The van der Waals surface area contributed by atoms with E-state index in [1.807, 2.05) is 84.9 Å². The second-order valence-corrected chi connectivity index (χ2v) is 9.51. The first-order chi connectivity index (χ1) is 18.5. The van der Waals surface area contributed by atoms with Crippen molar-refractivity contribution in [2.24, 2.45) is 0 Å². The molecule has 0 heterocycles. The van der Waals surface area contributed by atoms with Crippen molar-refractivity contribution >= 4 is 76.6 Å². The normalized spacial score (nSPS) is 11.3. The number of hydrogen-bond donors (Lipinski definition) is 0. The Morgan fingerprint density at radius 2 is 0.667 bits per heavy atom. The fraction of sp³-hybridized carbons (Fsp3) is 0. The molecular weight excluding hydrogens is 536 g/mol. The topological polar surface area (TPSA) is 80.3 Å². The molecule has 0 saturated heterocycles. The summed E-state index contributed by atoms with van der Waals surface area (Å²) in [4.78, 5) is 22.5. The number of carboxylic acids is 2. The minimum atomic E-state index is -1.13. The maximum atomic E-state index is 11.2. The average Bonchev–Trinajstić information content (AvgIpc) is 2.94. The summed E-state index contributed by atoms with van der Waals surface area (Å²) in [5, 5.41) is 34.9. The summed E-state index contributed by atoms with van der Waals surface area (Å²) < 4.78 is 0. The molecule has 8 aromatic rings. The molecule has 8 rings (SSSR count). The Kier molecular flexibility index (Phi) is 5.84. The van der Waals surface area contributed by atoms with E-state index in [0.717, 1.165) is 64.6 Å². The van der Waals surface area contributed by atoms with Crippen LogP contribution in [-0.4, -0.2) is 11.9 Å². The molecule has 8 aromatic carbocycles. The number of aromatic carboxylic acids is 2. The summed E-state index contributed by atoms with van der Waals surface area (Å²) in [5.74, 6) is -2.25. The molecule has 0 aliphatic carbocycles. The maximum Gasteiger partial charge on any atom is 2.00 e. The van der Waals surface area contributed by atoms with Gasteiger partial charge in [-0.05, 0) is 64.6 Å². The molecule has 0 unspecified atom stereocenters. The molecule has 5 heteroatoms. The predicted molar refractivity (Wildman–Crippen MR) is 149 cm³/mol. The van der Waals surface area contributed by atoms with Crippen LogP contribution in [0.15, 0.2) is 109 Å². The quantitative estimate of drug-likeness (QED) is 0.197. The van der Waals surface area contributed by atoms with Crippen molar-refractivity contribution in [3.8, 4) is 0 Å². The van der Waals surface area contributed by atoms with E-state index in [-0.39, 0.29) is 28.2 Å². The minimum absolute atomic E-state index is 0. The van der Waals surface area contributed by atoms with E-state index in [1.165, 1.54) is 0 Å². The molecule has 189 valence electrons. The van der Waals surface area contributed by atoms with E-state index < -0.39 is 11.9 Å². The van der Waals surface area contributed by atoms with E-state index in [9.17, 15) is 19.8 Å².